The summed E-state index contributed by atoms with van der Waals surface area (Å²) in [7, 11) is 1.35. The Morgan fingerprint density at radius 2 is 1.80 bits per heavy atom. The van der Waals surface area contributed by atoms with Gasteiger partial charge >= 0.3 is 5.97 Å². The van der Waals surface area contributed by atoms with Crippen LogP contribution >= 0.6 is 0 Å². The Bertz CT molecular complexity index is 1320. The third-order valence-corrected chi connectivity index (χ3v) is 6.21. The smallest absolute Gasteiger partial charge is 0.338 e. The lowest BCUT2D eigenvalue weighted by atomic mass is 9.98. The monoisotopic (exact) mass is 476 g/mol. The number of aromatic nitrogens is 2. The van der Waals surface area contributed by atoms with Crippen molar-refractivity contribution in [2.45, 2.75) is 39.3 Å². The highest BCUT2D eigenvalue weighted by atomic mass is 19.1. The number of ether oxygens (including phenoxy) is 1. The zero-order valence-electron chi connectivity index (χ0n) is 19.6. The van der Waals surface area contributed by atoms with E-state index in [1.807, 2.05) is 13.0 Å². The van der Waals surface area contributed by atoms with Crippen LogP contribution in [0.15, 0.2) is 42.7 Å². The maximum atomic E-state index is 13.4. The second-order valence-corrected chi connectivity index (χ2v) is 8.42. The van der Waals surface area contributed by atoms with Gasteiger partial charge in [0.1, 0.15) is 23.5 Å². The lowest BCUT2D eigenvalue weighted by Crippen LogP contribution is -2.29. The molecule has 4 rings (SSSR count). The summed E-state index contributed by atoms with van der Waals surface area (Å²) < 4.78 is 18.3. The maximum absolute atomic E-state index is 13.4. The molecule has 3 aromatic rings. The van der Waals surface area contributed by atoms with Crippen LogP contribution in [0.3, 0.4) is 0 Å². The molecule has 8 nitrogen and oxygen atoms in total. The molecule has 0 saturated carbocycles. The fraction of sp³-hybridized carbons (Fsp3) is 0.269. The Morgan fingerprint density at radius 1 is 1.06 bits per heavy atom. The minimum absolute atomic E-state index is 0.0503. The number of carbonyl (C=O) groups excluding carboxylic acids is 3. The van der Waals surface area contributed by atoms with E-state index in [1.54, 1.807) is 25.1 Å². The second-order valence-electron chi connectivity index (χ2n) is 8.42. The number of amides is 2. The standard InChI is InChI=1S/C26H25FN4O4/c1-14-10-16(4-8-20(14)27)12-28-24(32)22-11-23(30-13-29-22)25(33)31-21-9-7-17-15(2)18(26(34)35-3)5-6-19(17)21/h4-6,8,10-11,13,21H,7,9,12H2,1-3H3,(H,28,32)(H,31,33)/t21-/m0/s1. The van der Waals surface area contributed by atoms with Crippen molar-refractivity contribution < 1.29 is 23.5 Å². The molecular formula is C26H25FN4O4. The number of hydrogen-bond donors (Lipinski definition) is 2. The number of halogens is 1. The van der Waals surface area contributed by atoms with Crippen molar-refractivity contribution in [3.63, 3.8) is 0 Å². The predicted octanol–water partition coefficient (Wildman–Crippen LogP) is 3.37. The molecule has 1 atom stereocenters. The first-order chi connectivity index (χ1) is 16.8. The molecule has 0 unspecified atom stereocenters. The lowest BCUT2D eigenvalue weighted by molar-refractivity contribution is 0.0599. The summed E-state index contributed by atoms with van der Waals surface area (Å²) in [6.07, 6.45) is 2.57. The molecule has 0 radical (unpaired) electrons. The molecule has 2 amide bonds. The Morgan fingerprint density at radius 3 is 2.51 bits per heavy atom. The van der Waals surface area contributed by atoms with Gasteiger partial charge in [-0.1, -0.05) is 18.2 Å². The van der Waals surface area contributed by atoms with Crippen LogP contribution in [0.1, 0.15) is 71.6 Å². The first kappa shape index (κ1) is 24.0. The first-order valence-corrected chi connectivity index (χ1v) is 11.1. The fourth-order valence-corrected chi connectivity index (χ4v) is 4.29. The van der Waals surface area contributed by atoms with E-state index >= 15 is 0 Å². The topological polar surface area (TPSA) is 110 Å². The summed E-state index contributed by atoms with van der Waals surface area (Å²) in [5.41, 5.74) is 4.69. The van der Waals surface area contributed by atoms with Gasteiger partial charge in [-0.3, -0.25) is 9.59 Å². The number of nitrogens with one attached hydrogen (secondary N) is 2. The van der Waals surface area contributed by atoms with Gasteiger partial charge in [-0.2, -0.15) is 0 Å². The van der Waals surface area contributed by atoms with Crippen molar-refractivity contribution in [2.24, 2.45) is 0 Å². The minimum atomic E-state index is -0.472. The molecule has 2 N–H and O–H groups in total. The molecule has 180 valence electrons. The Labute approximate surface area is 201 Å². The van der Waals surface area contributed by atoms with E-state index in [9.17, 15) is 18.8 Å². The van der Waals surface area contributed by atoms with Crippen LogP contribution in [0.4, 0.5) is 4.39 Å². The molecule has 0 aliphatic heterocycles. The molecule has 1 aliphatic carbocycles. The third-order valence-electron chi connectivity index (χ3n) is 6.21. The highest BCUT2D eigenvalue weighted by Crippen LogP contribution is 2.35. The van der Waals surface area contributed by atoms with Crippen LogP contribution in [0.25, 0.3) is 0 Å². The van der Waals surface area contributed by atoms with E-state index in [0.29, 0.717) is 17.5 Å². The quantitative estimate of drug-likeness (QED) is 0.528. The number of aryl methyl sites for hydroxylation is 1. The first-order valence-electron chi connectivity index (χ1n) is 11.1. The van der Waals surface area contributed by atoms with Gasteiger partial charge in [0.2, 0.25) is 0 Å². The highest BCUT2D eigenvalue weighted by Gasteiger charge is 2.28. The molecule has 0 fully saturated rings. The summed E-state index contributed by atoms with van der Waals surface area (Å²) in [5, 5.41) is 5.68. The minimum Gasteiger partial charge on any atom is -0.465 e. The van der Waals surface area contributed by atoms with Crippen LogP contribution in [-0.2, 0) is 17.7 Å². The van der Waals surface area contributed by atoms with Crippen LogP contribution in [-0.4, -0.2) is 34.9 Å². The molecule has 2 aromatic carbocycles. The molecular weight excluding hydrogens is 451 g/mol. The van der Waals surface area contributed by atoms with Crippen molar-refractivity contribution in [1.29, 1.82) is 0 Å². The summed E-state index contributed by atoms with van der Waals surface area (Å²) in [5.74, 6) is -1.60. The van der Waals surface area contributed by atoms with Gasteiger partial charge in [0.25, 0.3) is 11.8 Å². The summed E-state index contributed by atoms with van der Waals surface area (Å²) in [6, 6.07) is 9.24. The van der Waals surface area contributed by atoms with Crippen LogP contribution < -0.4 is 10.6 Å². The van der Waals surface area contributed by atoms with Gasteiger partial charge in [-0.05, 0) is 66.6 Å². The van der Waals surface area contributed by atoms with Gasteiger partial charge in [0.05, 0.1) is 18.7 Å². The van der Waals surface area contributed by atoms with Gasteiger partial charge in [0, 0.05) is 12.6 Å². The normalized spacial score (nSPS) is 14.2. The number of methoxy groups -OCH3 is 1. The van der Waals surface area contributed by atoms with Gasteiger partial charge in [-0.15, -0.1) is 0 Å². The van der Waals surface area contributed by atoms with Gasteiger partial charge in [0.15, 0.2) is 0 Å². The zero-order valence-corrected chi connectivity index (χ0v) is 19.6. The lowest BCUT2D eigenvalue weighted by Gasteiger charge is -2.15. The largest absolute Gasteiger partial charge is 0.465 e. The molecule has 1 heterocycles. The van der Waals surface area contributed by atoms with Gasteiger partial charge in [-0.25, -0.2) is 19.2 Å². The molecule has 0 spiro atoms. The Hall–Kier alpha value is -4.14. The summed E-state index contributed by atoms with van der Waals surface area (Å²) in [4.78, 5) is 45.4. The third kappa shape index (κ3) is 5.03. The van der Waals surface area contributed by atoms with E-state index in [-0.39, 0.29) is 35.8 Å². The number of fused-ring (bicyclic) bond motifs is 1. The van der Waals surface area contributed by atoms with Crippen molar-refractivity contribution in [3.8, 4) is 0 Å². The van der Waals surface area contributed by atoms with Crippen LogP contribution in [0.5, 0.6) is 0 Å². The maximum Gasteiger partial charge on any atom is 0.338 e. The second kappa shape index (κ2) is 10.0. The number of nitrogens with zero attached hydrogens (tertiary/aromatic N) is 2. The highest BCUT2D eigenvalue weighted by molar-refractivity contribution is 5.97. The zero-order chi connectivity index (χ0) is 25.1. The average Bonchev–Trinajstić information content (AvgIpc) is 3.27. The Balaban J connectivity index is 1.43. The number of esters is 1. The summed E-state index contributed by atoms with van der Waals surface area (Å²) >= 11 is 0. The summed E-state index contributed by atoms with van der Waals surface area (Å²) in [6.45, 7) is 3.72. The molecule has 0 bridgehead atoms. The Kier molecular flexibility index (Phi) is 6.86. The van der Waals surface area contributed by atoms with Crippen molar-refractivity contribution in [3.05, 3.63) is 93.3 Å². The molecule has 9 heteroatoms. The van der Waals surface area contributed by atoms with E-state index in [4.69, 9.17) is 4.74 Å². The molecule has 1 aliphatic rings. The van der Waals surface area contributed by atoms with Crippen LogP contribution in [0.2, 0.25) is 0 Å². The number of benzene rings is 2. The van der Waals surface area contributed by atoms with Crippen molar-refractivity contribution in [1.82, 2.24) is 20.6 Å². The average molecular weight is 477 g/mol. The van der Waals surface area contributed by atoms with E-state index in [2.05, 4.69) is 20.6 Å². The number of hydrogen-bond acceptors (Lipinski definition) is 6. The van der Waals surface area contributed by atoms with E-state index < -0.39 is 11.8 Å². The SMILES string of the molecule is COC(=O)c1ccc2c(c1C)CC[C@@H]2NC(=O)c1cc(C(=O)NCc2ccc(F)c(C)c2)ncn1. The van der Waals surface area contributed by atoms with E-state index in [0.717, 1.165) is 28.7 Å². The predicted molar refractivity (Wildman–Crippen MR) is 125 cm³/mol. The van der Waals surface area contributed by atoms with E-state index in [1.165, 1.54) is 25.6 Å². The van der Waals surface area contributed by atoms with Crippen molar-refractivity contribution >= 4 is 17.8 Å². The van der Waals surface area contributed by atoms with Crippen LogP contribution in [0, 0.1) is 19.7 Å². The van der Waals surface area contributed by atoms with Gasteiger partial charge < -0.3 is 15.4 Å². The number of rotatable bonds is 6. The van der Waals surface area contributed by atoms with Crippen molar-refractivity contribution in [2.75, 3.05) is 7.11 Å². The molecule has 0 saturated heterocycles. The number of carbonyl (C=O) groups is 3. The fourth-order valence-electron chi connectivity index (χ4n) is 4.29. The molecule has 1 aromatic heterocycles. The molecule has 35 heavy (non-hydrogen) atoms.